The molecule has 1 aromatic carbocycles. The molecule has 6 heteroatoms. The van der Waals surface area contributed by atoms with Crippen molar-refractivity contribution in [3.8, 4) is 0 Å². The fourth-order valence-electron chi connectivity index (χ4n) is 1.64. The zero-order chi connectivity index (χ0) is 12.5. The summed E-state index contributed by atoms with van der Waals surface area (Å²) < 4.78 is 30.9. The third-order valence-corrected chi connectivity index (χ3v) is 4.31. The molecule has 0 radical (unpaired) electrons. The molecule has 2 rings (SSSR count). The van der Waals surface area contributed by atoms with Gasteiger partial charge >= 0.3 is 0 Å². The summed E-state index contributed by atoms with van der Waals surface area (Å²) in [5.74, 6) is 0. The van der Waals surface area contributed by atoms with Crippen LogP contribution >= 0.6 is 0 Å². The van der Waals surface area contributed by atoms with Crippen LogP contribution < -0.4 is 10.0 Å². The van der Waals surface area contributed by atoms with Crippen LogP contribution in [0.2, 0.25) is 0 Å². The first-order valence-electron chi connectivity index (χ1n) is 5.41. The molecule has 1 saturated heterocycles. The monoisotopic (exact) mass is 256 g/mol. The second-order valence-electron chi connectivity index (χ2n) is 4.07. The molecule has 1 aromatic rings. The molecule has 0 bridgehead atoms. The van der Waals surface area contributed by atoms with E-state index in [9.17, 15) is 8.42 Å². The van der Waals surface area contributed by atoms with Gasteiger partial charge in [-0.05, 0) is 31.7 Å². The third-order valence-electron chi connectivity index (χ3n) is 2.76. The number of benzene rings is 1. The molecule has 94 valence electrons. The Bertz CT molecular complexity index is 509. The molecule has 0 aliphatic carbocycles. The average Bonchev–Trinajstić information content (AvgIpc) is 2.25. The van der Waals surface area contributed by atoms with Gasteiger partial charge in [0.25, 0.3) is 0 Å². The highest BCUT2D eigenvalue weighted by molar-refractivity contribution is 7.89. The van der Waals surface area contributed by atoms with Crippen LogP contribution in [0.5, 0.6) is 0 Å². The highest BCUT2D eigenvalue weighted by Gasteiger charge is 2.20. The minimum absolute atomic E-state index is 0.280. The Labute approximate surface area is 101 Å². The Morgan fingerprint density at radius 2 is 2.06 bits per heavy atom. The summed E-state index contributed by atoms with van der Waals surface area (Å²) in [6, 6.07) is 5.61. The highest BCUT2D eigenvalue weighted by atomic mass is 32.2. The summed E-state index contributed by atoms with van der Waals surface area (Å²) in [7, 11) is -1.99. The van der Waals surface area contributed by atoms with Crippen molar-refractivity contribution in [3.63, 3.8) is 0 Å². The minimum Gasteiger partial charge on any atom is -0.378 e. The molecule has 17 heavy (non-hydrogen) atoms. The van der Waals surface area contributed by atoms with E-state index >= 15 is 0 Å². The minimum atomic E-state index is -3.40. The van der Waals surface area contributed by atoms with Gasteiger partial charge in [0.15, 0.2) is 0 Å². The smallest absolute Gasteiger partial charge is 0.240 e. The Kier molecular flexibility index (Phi) is 3.37. The molecule has 0 saturated carbocycles. The maximum Gasteiger partial charge on any atom is 0.240 e. The van der Waals surface area contributed by atoms with Gasteiger partial charge in [-0.25, -0.2) is 13.1 Å². The molecule has 1 heterocycles. The number of rotatable bonds is 4. The van der Waals surface area contributed by atoms with E-state index in [-0.39, 0.29) is 6.04 Å². The number of ether oxygens (including phenoxy) is 1. The van der Waals surface area contributed by atoms with Crippen molar-refractivity contribution < 1.29 is 13.2 Å². The normalized spacial score (nSPS) is 16.6. The molecule has 0 aromatic heterocycles. The fourth-order valence-corrected chi connectivity index (χ4v) is 2.64. The molecule has 1 aliphatic heterocycles. The van der Waals surface area contributed by atoms with Crippen molar-refractivity contribution in [3.05, 3.63) is 23.8 Å². The molecular weight excluding hydrogens is 240 g/mol. The van der Waals surface area contributed by atoms with Crippen LogP contribution in [0, 0.1) is 6.92 Å². The lowest BCUT2D eigenvalue weighted by Crippen LogP contribution is -2.40. The summed E-state index contributed by atoms with van der Waals surface area (Å²) in [5, 5.41) is 3.22. The second kappa shape index (κ2) is 4.64. The summed E-state index contributed by atoms with van der Waals surface area (Å²) in [6.45, 7) is 3.12. The van der Waals surface area contributed by atoms with E-state index in [1.165, 1.54) is 7.05 Å². The van der Waals surface area contributed by atoms with E-state index in [0.717, 1.165) is 11.3 Å². The zero-order valence-corrected chi connectivity index (χ0v) is 10.7. The number of sulfonamides is 1. The van der Waals surface area contributed by atoms with Crippen LogP contribution in [0.15, 0.2) is 23.1 Å². The molecule has 0 amide bonds. The second-order valence-corrected chi connectivity index (χ2v) is 5.92. The summed E-state index contributed by atoms with van der Waals surface area (Å²) in [6.07, 6.45) is 0. The van der Waals surface area contributed by atoms with E-state index < -0.39 is 10.0 Å². The van der Waals surface area contributed by atoms with Gasteiger partial charge in [-0.1, -0.05) is 6.07 Å². The van der Waals surface area contributed by atoms with E-state index in [1.54, 1.807) is 19.1 Å². The molecule has 5 nitrogen and oxygen atoms in total. The van der Waals surface area contributed by atoms with Gasteiger partial charge in [0.1, 0.15) is 0 Å². The predicted octanol–water partition coefficient (Wildman–Crippen LogP) is 0.714. The fraction of sp³-hybridized carbons (Fsp3) is 0.455. The van der Waals surface area contributed by atoms with Crippen molar-refractivity contribution >= 4 is 15.7 Å². The van der Waals surface area contributed by atoms with E-state index in [4.69, 9.17) is 4.74 Å². The van der Waals surface area contributed by atoms with Crippen molar-refractivity contribution in [1.82, 2.24) is 4.72 Å². The highest BCUT2D eigenvalue weighted by Crippen LogP contribution is 2.21. The van der Waals surface area contributed by atoms with Gasteiger partial charge in [-0.2, -0.15) is 0 Å². The van der Waals surface area contributed by atoms with Crippen LogP contribution in [-0.2, 0) is 14.8 Å². The van der Waals surface area contributed by atoms with Crippen LogP contribution in [0.3, 0.4) is 0 Å². The number of aryl methyl sites for hydroxylation is 1. The van der Waals surface area contributed by atoms with Gasteiger partial charge in [0.05, 0.1) is 24.2 Å². The zero-order valence-electron chi connectivity index (χ0n) is 9.86. The molecule has 1 aliphatic rings. The van der Waals surface area contributed by atoms with E-state index in [2.05, 4.69) is 10.0 Å². The van der Waals surface area contributed by atoms with Crippen LogP contribution in [0.4, 0.5) is 5.69 Å². The summed E-state index contributed by atoms with van der Waals surface area (Å²) in [4.78, 5) is 0.310. The summed E-state index contributed by atoms with van der Waals surface area (Å²) in [5.41, 5.74) is 1.53. The lowest BCUT2D eigenvalue weighted by molar-refractivity contribution is 0.0211. The number of nitrogens with one attached hydrogen (secondary N) is 2. The quantitative estimate of drug-likeness (QED) is 0.832. The average molecular weight is 256 g/mol. The Balaban J connectivity index is 2.28. The van der Waals surface area contributed by atoms with Gasteiger partial charge in [-0.15, -0.1) is 0 Å². The Morgan fingerprint density at radius 1 is 1.35 bits per heavy atom. The first kappa shape index (κ1) is 12.3. The maximum absolute atomic E-state index is 11.8. The Hall–Kier alpha value is -1.11. The number of anilines is 1. The molecule has 0 atom stereocenters. The van der Waals surface area contributed by atoms with Gasteiger partial charge < -0.3 is 10.1 Å². The van der Waals surface area contributed by atoms with E-state index in [1.807, 2.05) is 6.07 Å². The van der Waals surface area contributed by atoms with Crippen LogP contribution in [-0.4, -0.2) is 34.7 Å². The van der Waals surface area contributed by atoms with Crippen LogP contribution in [0.1, 0.15) is 5.56 Å². The lowest BCUT2D eigenvalue weighted by Gasteiger charge is -2.28. The molecule has 1 fully saturated rings. The standard InChI is InChI=1S/C11H16N2O3S/c1-8-3-4-9(13-10-6-16-7-10)5-11(8)17(14,15)12-2/h3-5,10,12-13H,6-7H2,1-2H3. The molecular formula is C11H16N2O3S. The van der Waals surface area contributed by atoms with Gasteiger partial charge in [0, 0.05) is 5.69 Å². The van der Waals surface area contributed by atoms with Crippen molar-refractivity contribution in [2.45, 2.75) is 17.9 Å². The first-order valence-corrected chi connectivity index (χ1v) is 6.90. The van der Waals surface area contributed by atoms with Crippen LogP contribution in [0.25, 0.3) is 0 Å². The summed E-state index contributed by atoms with van der Waals surface area (Å²) >= 11 is 0. The van der Waals surface area contributed by atoms with Gasteiger partial charge in [0.2, 0.25) is 10.0 Å². The Morgan fingerprint density at radius 3 is 2.59 bits per heavy atom. The van der Waals surface area contributed by atoms with Crippen molar-refractivity contribution in [2.75, 3.05) is 25.6 Å². The van der Waals surface area contributed by atoms with Crippen molar-refractivity contribution in [2.24, 2.45) is 0 Å². The first-order chi connectivity index (χ1) is 8.03. The maximum atomic E-state index is 11.8. The molecule has 0 unspecified atom stereocenters. The van der Waals surface area contributed by atoms with E-state index in [0.29, 0.717) is 18.1 Å². The predicted molar refractivity (Wildman–Crippen MR) is 65.7 cm³/mol. The molecule has 2 N–H and O–H groups in total. The third kappa shape index (κ3) is 2.59. The van der Waals surface area contributed by atoms with Gasteiger partial charge in [-0.3, -0.25) is 0 Å². The molecule has 0 spiro atoms. The topological polar surface area (TPSA) is 67.4 Å². The lowest BCUT2D eigenvalue weighted by atomic mass is 10.2. The number of hydrogen-bond acceptors (Lipinski definition) is 4. The van der Waals surface area contributed by atoms with Crippen molar-refractivity contribution in [1.29, 1.82) is 0 Å². The number of hydrogen-bond donors (Lipinski definition) is 2. The largest absolute Gasteiger partial charge is 0.378 e. The SMILES string of the molecule is CNS(=O)(=O)c1cc(NC2COC2)ccc1C.